The van der Waals surface area contributed by atoms with Crippen LogP contribution in [-0.2, 0) is 6.42 Å². The molecular formula is C14H10ClN3S. The summed E-state index contributed by atoms with van der Waals surface area (Å²) >= 11 is 7.61. The maximum atomic E-state index is 6.00. The third kappa shape index (κ3) is 2.80. The lowest BCUT2D eigenvalue weighted by molar-refractivity contribution is 1.02. The van der Waals surface area contributed by atoms with E-state index in [9.17, 15) is 0 Å². The Balaban J connectivity index is 1.85. The van der Waals surface area contributed by atoms with Crippen LogP contribution in [0.3, 0.4) is 0 Å². The van der Waals surface area contributed by atoms with Gasteiger partial charge in [-0.05, 0) is 0 Å². The van der Waals surface area contributed by atoms with Crippen molar-refractivity contribution in [3.8, 4) is 11.3 Å². The normalized spacial score (nSPS) is 10.6. The van der Waals surface area contributed by atoms with E-state index in [4.69, 9.17) is 11.6 Å². The third-order valence-electron chi connectivity index (χ3n) is 2.66. The highest BCUT2D eigenvalue weighted by atomic mass is 35.5. The molecule has 0 bridgehead atoms. The van der Waals surface area contributed by atoms with Crippen LogP contribution in [0.4, 0.5) is 0 Å². The highest BCUT2D eigenvalue weighted by Crippen LogP contribution is 2.23. The molecule has 0 radical (unpaired) electrons. The molecule has 3 nitrogen and oxygen atoms in total. The zero-order valence-electron chi connectivity index (χ0n) is 9.95. The summed E-state index contributed by atoms with van der Waals surface area (Å²) in [4.78, 5) is 12.9. The maximum absolute atomic E-state index is 6.00. The van der Waals surface area contributed by atoms with Crippen LogP contribution in [0.2, 0.25) is 5.15 Å². The minimum Gasteiger partial charge on any atom is -0.256 e. The predicted octanol–water partition coefficient (Wildman–Crippen LogP) is 3.84. The van der Waals surface area contributed by atoms with E-state index in [1.54, 1.807) is 23.7 Å². The van der Waals surface area contributed by atoms with E-state index in [-0.39, 0.29) is 0 Å². The first-order valence-electron chi connectivity index (χ1n) is 5.78. The number of rotatable bonds is 3. The summed E-state index contributed by atoms with van der Waals surface area (Å²) in [6, 6.07) is 10.1. The molecule has 0 atom stereocenters. The Morgan fingerprint density at radius 1 is 1.05 bits per heavy atom. The van der Waals surface area contributed by atoms with Gasteiger partial charge in [0.1, 0.15) is 0 Å². The molecule has 0 spiro atoms. The molecule has 0 aliphatic rings. The van der Waals surface area contributed by atoms with E-state index in [1.807, 2.05) is 30.3 Å². The smallest absolute Gasteiger partial charge is 0.150 e. The molecule has 0 unspecified atom stereocenters. The number of aromatic nitrogens is 3. The zero-order valence-corrected chi connectivity index (χ0v) is 11.5. The van der Waals surface area contributed by atoms with Crippen molar-refractivity contribution in [1.82, 2.24) is 15.0 Å². The van der Waals surface area contributed by atoms with Crippen LogP contribution < -0.4 is 0 Å². The second-order valence-corrected chi connectivity index (χ2v) is 5.26. The molecule has 19 heavy (non-hydrogen) atoms. The number of halogens is 1. The van der Waals surface area contributed by atoms with Crippen LogP contribution in [0.15, 0.2) is 48.1 Å². The van der Waals surface area contributed by atoms with E-state index < -0.39 is 0 Å². The Hall–Kier alpha value is -1.78. The van der Waals surface area contributed by atoms with Gasteiger partial charge < -0.3 is 0 Å². The first-order valence-corrected chi connectivity index (χ1v) is 7.04. The van der Waals surface area contributed by atoms with Gasteiger partial charge in [-0.2, -0.15) is 0 Å². The summed E-state index contributed by atoms with van der Waals surface area (Å²) in [5.74, 6) is 0. The molecule has 0 aliphatic heterocycles. The summed E-state index contributed by atoms with van der Waals surface area (Å²) in [5, 5.41) is 3.48. The maximum Gasteiger partial charge on any atom is 0.150 e. The lowest BCUT2D eigenvalue weighted by atomic mass is 10.2. The fourth-order valence-electron chi connectivity index (χ4n) is 1.75. The second-order valence-electron chi connectivity index (χ2n) is 3.96. The molecule has 1 aromatic carbocycles. The topological polar surface area (TPSA) is 38.7 Å². The van der Waals surface area contributed by atoms with Crippen LogP contribution in [0.25, 0.3) is 11.3 Å². The summed E-state index contributed by atoms with van der Waals surface area (Å²) < 4.78 is 0. The average molecular weight is 288 g/mol. The van der Waals surface area contributed by atoms with Gasteiger partial charge in [-0.15, -0.1) is 11.3 Å². The molecule has 0 aliphatic carbocycles. The van der Waals surface area contributed by atoms with E-state index in [0.717, 1.165) is 22.0 Å². The Labute approximate surface area is 120 Å². The van der Waals surface area contributed by atoms with Gasteiger partial charge in [-0.1, -0.05) is 41.9 Å². The highest BCUT2D eigenvalue weighted by Gasteiger charge is 2.08. The Morgan fingerprint density at radius 3 is 2.63 bits per heavy atom. The van der Waals surface area contributed by atoms with Crippen molar-refractivity contribution < 1.29 is 0 Å². The van der Waals surface area contributed by atoms with Crippen molar-refractivity contribution >= 4 is 22.9 Å². The van der Waals surface area contributed by atoms with Crippen LogP contribution >= 0.6 is 22.9 Å². The van der Waals surface area contributed by atoms with Crippen molar-refractivity contribution in [3.63, 3.8) is 0 Å². The van der Waals surface area contributed by atoms with E-state index in [1.165, 1.54) is 0 Å². The monoisotopic (exact) mass is 287 g/mol. The van der Waals surface area contributed by atoms with Crippen LogP contribution in [0, 0.1) is 0 Å². The van der Waals surface area contributed by atoms with Crippen molar-refractivity contribution in [3.05, 3.63) is 64.0 Å². The summed E-state index contributed by atoms with van der Waals surface area (Å²) in [6.45, 7) is 0. The van der Waals surface area contributed by atoms with Crippen LogP contribution in [0.1, 0.15) is 10.7 Å². The largest absolute Gasteiger partial charge is 0.256 e. The summed E-state index contributed by atoms with van der Waals surface area (Å²) in [6.07, 6.45) is 3.85. The van der Waals surface area contributed by atoms with Crippen molar-refractivity contribution in [1.29, 1.82) is 0 Å². The first-order chi connectivity index (χ1) is 9.33. The molecule has 2 heterocycles. The quantitative estimate of drug-likeness (QED) is 0.734. The van der Waals surface area contributed by atoms with Gasteiger partial charge in [0.05, 0.1) is 16.4 Å². The lowest BCUT2D eigenvalue weighted by Crippen LogP contribution is -1.94. The fourth-order valence-corrected chi connectivity index (χ4v) is 2.72. The van der Waals surface area contributed by atoms with E-state index in [2.05, 4.69) is 20.3 Å². The molecule has 5 heteroatoms. The number of hydrogen-bond donors (Lipinski definition) is 0. The Bertz CT molecular complexity index is 682. The fraction of sp³-hybridized carbons (Fsp3) is 0.0714. The Morgan fingerprint density at radius 2 is 1.84 bits per heavy atom. The molecule has 94 valence electrons. The van der Waals surface area contributed by atoms with Gasteiger partial charge in [-0.25, -0.2) is 9.97 Å². The molecule has 3 rings (SSSR count). The zero-order chi connectivity index (χ0) is 13.1. The lowest BCUT2D eigenvalue weighted by Gasteiger charge is -1.98. The van der Waals surface area contributed by atoms with Crippen molar-refractivity contribution in [2.75, 3.05) is 0 Å². The standard InChI is InChI=1S/C14H10ClN3S/c15-14-11(16-6-7-17-14)8-13-18-12(9-19-13)10-4-2-1-3-5-10/h1-7,9H,8H2. The minimum atomic E-state index is 0.443. The van der Waals surface area contributed by atoms with Gasteiger partial charge in [0.15, 0.2) is 5.15 Å². The Kier molecular flexibility index (Phi) is 3.53. The van der Waals surface area contributed by atoms with Gasteiger partial charge in [0.2, 0.25) is 0 Å². The predicted molar refractivity (Wildman–Crippen MR) is 77.4 cm³/mol. The molecular weight excluding hydrogens is 278 g/mol. The third-order valence-corrected chi connectivity index (χ3v) is 3.83. The van der Waals surface area contributed by atoms with Crippen molar-refractivity contribution in [2.45, 2.75) is 6.42 Å². The van der Waals surface area contributed by atoms with Crippen LogP contribution in [0.5, 0.6) is 0 Å². The SMILES string of the molecule is Clc1nccnc1Cc1nc(-c2ccccc2)cs1. The van der Waals surface area contributed by atoms with Gasteiger partial charge in [0.25, 0.3) is 0 Å². The summed E-state index contributed by atoms with van der Waals surface area (Å²) in [5.41, 5.74) is 2.87. The van der Waals surface area contributed by atoms with Crippen LogP contribution in [-0.4, -0.2) is 15.0 Å². The van der Waals surface area contributed by atoms with Crippen molar-refractivity contribution in [2.24, 2.45) is 0 Å². The highest BCUT2D eigenvalue weighted by molar-refractivity contribution is 7.10. The molecule has 0 amide bonds. The number of nitrogens with zero attached hydrogens (tertiary/aromatic N) is 3. The molecule has 0 N–H and O–H groups in total. The van der Waals surface area contributed by atoms with E-state index >= 15 is 0 Å². The van der Waals surface area contributed by atoms with E-state index in [0.29, 0.717) is 11.6 Å². The number of thiazole rings is 1. The van der Waals surface area contributed by atoms with Gasteiger partial charge in [-0.3, -0.25) is 4.98 Å². The molecule has 3 aromatic rings. The molecule has 0 fully saturated rings. The molecule has 0 saturated heterocycles. The summed E-state index contributed by atoms with van der Waals surface area (Å²) in [7, 11) is 0. The number of hydrogen-bond acceptors (Lipinski definition) is 4. The first kappa shape index (κ1) is 12.3. The minimum absolute atomic E-state index is 0.443. The van der Waals surface area contributed by atoms with Gasteiger partial charge >= 0.3 is 0 Å². The number of benzene rings is 1. The molecule has 2 aromatic heterocycles. The second kappa shape index (κ2) is 5.47. The van der Waals surface area contributed by atoms with Gasteiger partial charge in [0, 0.05) is 29.8 Å². The average Bonchev–Trinajstić information content (AvgIpc) is 2.91. The molecule has 0 saturated carbocycles.